The Bertz CT molecular complexity index is 164. The van der Waals surface area contributed by atoms with Crippen molar-refractivity contribution in [3.63, 3.8) is 0 Å². The monoisotopic (exact) mass is 128 g/mol. The summed E-state index contributed by atoms with van der Waals surface area (Å²) in [6.45, 7) is 3.11. The second-order valence-corrected chi connectivity index (χ2v) is 1.80. The number of rotatable bonds is 1. The minimum atomic E-state index is -2.28. The zero-order chi connectivity index (χ0) is 7.49. The van der Waals surface area contributed by atoms with Gasteiger partial charge in [0.15, 0.2) is 0 Å². The van der Waals surface area contributed by atoms with Gasteiger partial charge in [-0.15, -0.1) is 0 Å². The summed E-state index contributed by atoms with van der Waals surface area (Å²) in [4.78, 5) is 0. The third kappa shape index (κ3) is 1.82. The highest BCUT2D eigenvalue weighted by Crippen LogP contribution is 2.12. The molecule has 0 heterocycles. The van der Waals surface area contributed by atoms with Crippen molar-refractivity contribution < 1.29 is 4.39 Å². The first-order valence-electron chi connectivity index (χ1n) is 2.57. The van der Waals surface area contributed by atoms with E-state index in [2.05, 4.69) is 0 Å². The lowest BCUT2D eigenvalue weighted by Gasteiger charge is -2.09. The second kappa shape index (κ2) is 2.60. The molecule has 0 aromatic heterocycles. The van der Waals surface area contributed by atoms with Crippen LogP contribution in [0.1, 0.15) is 13.8 Å². The Kier molecular flexibility index (Phi) is 2.35. The maximum absolute atomic E-state index is 12.6. The third-order valence-electron chi connectivity index (χ3n) is 1.17. The number of nitrogens with two attached hydrogens (primary N) is 1. The number of halogens is 1. The van der Waals surface area contributed by atoms with E-state index in [-0.39, 0.29) is 5.57 Å². The predicted octanol–water partition coefficient (Wildman–Crippen LogP) is 1.10. The molecule has 50 valence electrons. The quantitative estimate of drug-likeness (QED) is 0.424. The molecule has 2 nitrogen and oxygen atoms in total. The molecule has 0 spiro atoms. The maximum atomic E-state index is 12.6. The van der Waals surface area contributed by atoms with E-state index in [9.17, 15) is 4.39 Å². The highest BCUT2D eigenvalue weighted by molar-refractivity contribution is 5.21. The van der Waals surface area contributed by atoms with Crippen LogP contribution in [0.3, 0.4) is 0 Å². The molecular weight excluding hydrogens is 119 g/mol. The van der Waals surface area contributed by atoms with Gasteiger partial charge >= 0.3 is 0 Å². The van der Waals surface area contributed by atoms with Crippen LogP contribution in [0.2, 0.25) is 0 Å². The topological polar surface area (TPSA) is 49.8 Å². The number of hydrogen-bond acceptors (Lipinski definition) is 2. The molecular formula is C6H9FN2. The van der Waals surface area contributed by atoms with Gasteiger partial charge in [-0.1, -0.05) is 6.08 Å². The lowest BCUT2D eigenvalue weighted by molar-refractivity contribution is 0.300. The Hall–Kier alpha value is -0.880. The summed E-state index contributed by atoms with van der Waals surface area (Å²) >= 11 is 0. The summed E-state index contributed by atoms with van der Waals surface area (Å²) in [7, 11) is 0. The molecule has 1 atom stereocenters. The van der Waals surface area contributed by atoms with Crippen LogP contribution in [-0.4, -0.2) is 5.79 Å². The van der Waals surface area contributed by atoms with Gasteiger partial charge in [0.1, 0.15) is 6.07 Å². The molecule has 0 aromatic carbocycles. The summed E-state index contributed by atoms with van der Waals surface area (Å²) in [5, 5.41) is 8.10. The molecule has 0 aliphatic heterocycles. The van der Waals surface area contributed by atoms with Crippen molar-refractivity contribution in [3.05, 3.63) is 11.6 Å². The first kappa shape index (κ1) is 8.12. The summed E-state index contributed by atoms with van der Waals surface area (Å²) in [6, 6.07) is 1.33. The van der Waals surface area contributed by atoms with Gasteiger partial charge < -0.3 is 0 Å². The molecule has 0 saturated carbocycles. The minimum Gasteiger partial charge on any atom is -0.283 e. The van der Waals surface area contributed by atoms with Crippen molar-refractivity contribution >= 4 is 0 Å². The fraction of sp³-hybridized carbons (Fsp3) is 0.500. The first-order valence-corrected chi connectivity index (χ1v) is 2.57. The van der Waals surface area contributed by atoms with E-state index in [1.165, 1.54) is 19.1 Å². The van der Waals surface area contributed by atoms with E-state index in [1.807, 2.05) is 0 Å². The van der Waals surface area contributed by atoms with Crippen LogP contribution in [-0.2, 0) is 0 Å². The third-order valence-corrected chi connectivity index (χ3v) is 1.17. The molecule has 0 fully saturated rings. The SMILES string of the molecule is CC=C(C)C(N)(F)C#N. The Morgan fingerprint density at radius 1 is 1.89 bits per heavy atom. The Labute approximate surface area is 53.8 Å². The average molecular weight is 128 g/mol. The van der Waals surface area contributed by atoms with Crippen molar-refractivity contribution in [1.82, 2.24) is 0 Å². The lowest BCUT2D eigenvalue weighted by Crippen LogP contribution is -2.33. The van der Waals surface area contributed by atoms with Gasteiger partial charge in [-0.3, -0.25) is 5.73 Å². The molecule has 0 bridgehead atoms. The zero-order valence-corrected chi connectivity index (χ0v) is 5.48. The summed E-state index contributed by atoms with van der Waals surface area (Å²) in [5.74, 6) is -2.28. The van der Waals surface area contributed by atoms with E-state index in [4.69, 9.17) is 11.0 Å². The van der Waals surface area contributed by atoms with Gasteiger partial charge in [-0.25, -0.2) is 4.39 Å². The average Bonchev–Trinajstić information content (AvgIpc) is 1.86. The van der Waals surface area contributed by atoms with E-state index in [0.29, 0.717) is 0 Å². The first-order chi connectivity index (χ1) is 4.04. The second-order valence-electron chi connectivity index (χ2n) is 1.80. The molecule has 0 radical (unpaired) electrons. The number of nitriles is 1. The molecule has 3 heteroatoms. The predicted molar refractivity (Wildman–Crippen MR) is 33.1 cm³/mol. The fourth-order valence-corrected chi connectivity index (χ4v) is 0.298. The fourth-order valence-electron chi connectivity index (χ4n) is 0.298. The van der Waals surface area contributed by atoms with Crippen LogP contribution in [0.25, 0.3) is 0 Å². The van der Waals surface area contributed by atoms with Crippen molar-refractivity contribution in [2.75, 3.05) is 0 Å². The van der Waals surface area contributed by atoms with Crippen LogP contribution in [0, 0.1) is 11.3 Å². The van der Waals surface area contributed by atoms with Gasteiger partial charge in [-0.2, -0.15) is 5.26 Å². The van der Waals surface area contributed by atoms with E-state index in [0.717, 1.165) is 0 Å². The van der Waals surface area contributed by atoms with Gasteiger partial charge in [0.2, 0.25) is 0 Å². The van der Waals surface area contributed by atoms with Crippen LogP contribution in [0.4, 0.5) is 4.39 Å². The van der Waals surface area contributed by atoms with Crippen molar-refractivity contribution in [2.24, 2.45) is 5.73 Å². The normalized spacial score (nSPS) is 18.3. The van der Waals surface area contributed by atoms with Gasteiger partial charge in [0.25, 0.3) is 5.79 Å². The van der Waals surface area contributed by atoms with Crippen molar-refractivity contribution in [1.29, 1.82) is 5.26 Å². The van der Waals surface area contributed by atoms with Crippen LogP contribution >= 0.6 is 0 Å². The number of alkyl halides is 1. The molecule has 0 aliphatic carbocycles. The van der Waals surface area contributed by atoms with E-state index >= 15 is 0 Å². The number of hydrogen-bond donors (Lipinski definition) is 1. The molecule has 0 amide bonds. The van der Waals surface area contributed by atoms with E-state index < -0.39 is 5.79 Å². The maximum Gasteiger partial charge on any atom is 0.267 e. The minimum absolute atomic E-state index is 0.241. The molecule has 9 heavy (non-hydrogen) atoms. The number of nitrogens with zero attached hydrogens (tertiary/aromatic N) is 1. The highest BCUT2D eigenvalue weighted by atomic mass is 19.1. The van der Waals surface area contributed by atoms with Crippen LogP contribution < -0.4 is 5.73 Å². The smallest absolute Gasteiger partial charge is 0.267 e. The largest absolute Gasteiger partial charge is 0.283 e. The Morgan fingerprint density at radius 3 is 2.44 bits per heavy atom. The standard InChI is InChI=1S/C6H9FN2/c1-3-5(2)6(7,9)4-8/h3H,9H2,1-2H3. The number of allylic oxidation sites excluding steroid dienone is 1. The summed E-state index contributed by atoms with van der Waals surface area (Å²) in [5.41, 5.74) is 5.11. The molecule has 2 N–H and O–H groups in total. The van der Waals surface area contributed by atoms with Gasteiger partial charge in [-0.05, 0) is 19.4 Å². The van der Waals surface area contributed by atoms with Gasteiger partial charge in [0, 0.05) is 0 Å². The molecule has 0 saturated heterocycles. The van der Waals surface area contributed by atoms with Crippen molar-refractivity contribution in [2.45, 2.75) is 19.6 Å². The highest BCUT2D eigenvalue weighted by Gasteiger charge is 2.24. The van der Waals surface area contributed by atoms with Gasteiger partial charge in [0.05, 0.1) is 0 Å². The Morgan fingerprint density at radius 2 is 2.33 bits per heavy atom. The van der Waals surface area contributed by atoms with Crippen LogP contribution in [0.5, 0.6) is 0 Å². The zero-order valence-electron chi connectivity index (χ0n) is 5.48. The Balaban J connectivity index is 4.39. The summed E-state index contributed by atoms with van der Waals surface area (Å²) in [6.07, 6.45) is 1.48. The van der Waals surface area contributed by atoms with Crippen molar-refractivity contribution in [3.8, 4) is 6.07 Å². The molecule has 0 aliphatic rings. The van der Waals surface area contributed by atoms with Crippen LogP contribution in [0.15, 0.2) is 11.6 Å². The lowest BCUT2D eigenvalue weighted by atomic mass is 10.1. The summed E-state index contributed by atoms with van der Waals surface area (Å²) < 4.78 is 12.6. The molecule has 0 rings (SSSR count). The van der Waals surface area contributed by atoms with E-state index in [1.54, 1.807) is 6.92 Å². The molecule has 0 aromatic rings. The molecule has 1 unspecified atom stereocenters.